The number of esters is 2. The molecular formula is C64H110O20P2. The summed E-state index contributed by atoms with van der Waals surface area (Å²) in [4.78, 5) is 26.7. The first-order valence-corrected chi connectivity index (χ1v) is 34.8. The molecule has 2 aromatic rings. The summed E-state index contributed by atoms with van der Waals surface area (Å²) < 4.78 is 125. The van der Waals surface area contributed by atoms with E-state index in [1.807, 2.05) is 36.4 Å². The second kappa shape index (κ2) is 50.0. The maximum absolute atomic E-state index is 15.2. The van der Waals surface area contributed by atoms with Crippen molar-refractivity contribution in [3.8, 4) is 0 Å². The van der Waals surface area contributed by atoms with E-state index in [0.29, 0.717) is 24.0 Å². The summed E-state index contributed by atoms with van der Waals surface area (Å²) in [5, 5.41) is 0. The number of benzene rings is 2. The van der Waals surface area contributed by atoms with Crippen molar-refractivity contribution >= 4 is 27.6 Å². The first kappa shape index (κ1) is 77.5. The van der Waals surface area contributed by atoms with Crippen LogP contribution in [0.3, 0.4) is 0 Å². The predicted octanol–water partition coefficient (Wildman–Crippen LogP) is 15.5. The zero-order valence-corrected chi connectivity index (χ0v) is 55.1. The minimum Gasteiger partial charge on any atom is -0.462 e. The normalized spacial score (nSPS) is 19.1. The molecule has 0 spiro atoms. The molecule has 0 N–H and O–H groups in total. The molecule has 0 radical (unpaired) electrons. The average molecular weight is 1260 g/mol. The highest BCUT2D eigenvalue weighted by Gasteiger charge is 2.59. The lowest BCUT2D eigenvalue weighted by Gasteiger charge is -2.49. The van der Waals surface area contributed by atoms with Crippen molar-refractivity contribution in [1.82, 2.24) is 0 Å². The third-order valence-electron chi connectivity index (χ3n) is 14.8. The van der Waals surface area contributed by atoms with Crippen LogP contribution in [0.2, 0.25) is 0 Å². The number of methoxy groups -OCH3 is 4. The molecule has 1 fully saturated rings. The highest BCUT2D eigenvalue weighted by Crippen LogP contribution is 2.57. The maximum Gasteiger partial charge on any atom is 0.475 e. The molecule has 3 unspecified atom stereocenters. The van der Waals surface area contributed by atoms with Gasteiger partial charge in [-0.3, -0.25) is 36.7 Å². The summed E-state index contributed by atoms with van der Waals surface area (Å²) in [6.07, 6.45) is 20.6. The van der Waals surface area contributed by atoms with Crippen LogP contribution in [0.5, 0.6) is 0 Å². The highest BCUT2D eigenvalue weighted by molar-refractivity contribution is 7.48. The quantitative estimate of drug-likeness (QED) is 0.0260. The Kier molecular flexibility index (Phi) is 45.1. The van der Waals surface area contributed by atoms with Gasteiger partial charge in [0.25, 0.3) is 0 Å². The fraction of sp³-hybridized carbons (Fsp3) is 0.781. The number of hydrogen-bond acceptors (Lipinski definition) is 20. The Morgan fingerprint density at radius 2 is 0.721 bits per heavy atom. The Balaban J connectivity index is 1.85. The number of phosphoric ester groups is 2. The van der Waals surface area contributed by atoms with E-state index >= 15 is 9.13 Å². The monoisotopic (exact) mass is 1260 g/mol. The Morgan fingerprint density at radius 3 is 1.06 bits per heavy atom. The van der Waals surface area contributed by atoms with E-state index in [1.165, 1.54) is 138 Å². The van der Waals surface area contributed by atoms with Crippen LogP contribution in [0.1, 0.15) is 205 Å². The molecule has 496 valence electrons. The van der Waals surface area contributed by atoms with Gasteiger partial charge in [-0.2, -0.15) is 0 Å². The largest absolute Gasteiger partial charge is 0.475 e. The third kappa shape index (κ3) is 34.5. The molecule has 1 aliphatic rings. The molecule has 3 rings (SSSR count). The maximum atomic E-state index is 15.2. The number of unbranched alkanes of at least 4 members (excludes halogenated alkanes) is 24. The summed E-state index contributed by atoms with van der Waals surface area (Å²) in [7, 11) is -2.78. The van der Waals surface area contributed by atoms with E-state index in [1.54, 1.807) is 24.3 Å². The van der Waals surface area contributed by atoms with Crippen LogP contribution >= 0.6 is 15.6 Å². The van der Waals surface area contributed by atoms with Gasteiger partial charge in [-0.15, -0.1) is 0 Å². The van der Waals surface area contributed by atoms with Gasteiger partial charge in [-0.1, -0.05) is 229 Å². The Bertz CT molecular complexity index is 1970. The van der Waals surface area contributed by atoms with Crippen molar-refractivity contribution in [3.63, 3.8) is 0 Å². The van der Waals surface area contributed by atoms with Crippen LogP contribution in [0.15, 0.2) is 60.7 Å². The van der Waals surface area contributed by atoms with Crippen molar-refractivity contribution in [2.75, 3.05) is 75.9 Å². The topological polar surface area (TPSA) is 216 Å². The molecule has 86 heavy (non-hydrogen) atoms. The molecule has 0 bridgehead atoms. The van der Waals surface area contributed by atoms with E-state index in [4.69, 9.17) is 74.5 Å². The fourth-order valence-corrected chi connectivity index (χ4v) is 12.5. The fourth-order valence-electron chi connectivity index (χ4n) is 10.1. The van der Waals surface area contributed by atoms with Gasteiger partial charge in [0.1, 0.15) is 70.4 Å². The number of ether oxygens (including phenoxy) is 10. The molecule has 0 amide bonds. The smallest absolute Gasteiger partial charge is 0.462 e. The minimum atomic E-state index is -4.79. The predicted molar refractivity (Wildman–Crippen MR) is 329 cm³/mol. The summed E-state index contributed by atoms with van der Waals surface area (Å²) in [6, 6.07) is 18.1. The van der Waals surface area contributed by atoms with Crippen LogP contribution < -0.4 is 0 Å². The van der Waals surface area contributed by atoms with Crippen LogP contribution in [0, 0.1) is 0 Å². The molecule has 20 nitrogen and oxygen atoms in total. The number of hydrogen-bond donors (Lipinski definition) is 0. The molecule has 1 aliphatic carbocycles. The third-order valence-corrected chi connectivity index (χ3v) is 17.6. The van der Waals surface area contributed by atoms with Crippen molar-refractivity contribution in [2.24, 2.45) is 0 Å². The van der Waals surface area contributed by atoms with Gasteiger partial charge in [-0.25, -0.2) is 9.13 Å². The molecule has 0 heterocycles. The van der Waals surface area contributed by atoms with Crippen LogP contribution in [0.25, 0.3) is 0 Å². The van der Waals surface area contributed by atoms with Gasteiger partial charge in [0, 0.05) is 48.4 Å². The van der Waals surface area contributed by atoms with E-state index < -0.39 is 90.5 Å². The number of rotatable bonds is 57. The van der Waals surface area contributed by atoms with Crippen molar-refractivity contribution in [3.05, 3.63) is 71.8 Å². The second-order valence-electron chi connectivity index (χ2n) is 22.0. The Hall–Kier alpha value is -2.72. The van der Waals surface area contributed by atoms with Crippen molar-refractivity contribution < 1.29 is 93.2 Å². The molecule has 0 aliphatic heterocycles. The summed E-state index contributed by atoms with van der Waals surface area (Å²) in [5.41, 5.74) is 1.34. The Labute approximate surface area is 516 Å². The standard InChI is InChI=1S/C64H110O20P2/c1-8-10-12-14-16-18-20-22-24-26-28-30-38-44-57(65)74-48-56(82-58(66)45-39-31-29-27-25-23-21-19-17-15-13-11-9-2)49-81-85(67,73-7)83-63-59(75-50-69-3)61(77-52-71-5)64(62(78-53-72-6)60(63)76-51-70-4)84-86(68,79-46-54-40-34-32-35-41-54)80-47-55-42-36-33-37-43-55/h32-37,40-43,56,59-64H,8-31,38-39,44-53H2,1-7H3/t56-,59-,60-,61-,62+,63?,64?,85?/m1/s1. The lowest BCUT2D eigenvalue weighted by atomic mass is 9.84. The van der Waals surface area contributed by atoms with Crippen LogP contribution in [0.4, 0.5) is 0 Å². The molecule has 22 heteroatoms. The van der Waals surface area contributed by atoms with Crippen molar-refractivity contribution in [1.29, 1.82) is 0 Å². The van der Waals surface area contributed by atoms with E-state index in [-0.39, 0.29) is 46.2 Å². The molecular weight excluding hydrogens is 1150 g/mol. The zero-order chi connectivity index (χ0) is 62.2. The first-order chi connectivity index (χ1) is 42.0. The van der Waals surface area contributed by atoms with Crippen molar-refractivity contribution in [2.45, 2.75) is 250 Å². The molecule has 0 aromatic heterocycles. The zero-order valence-electron chi connectivity index (χ0n) is 53.3. The van der Waals surface area contributed by atoms with E-state index in [9.17, 15) is 9.59 Å². The number of carbonyl (C=O) groups excluding carboxylic acids is 2. The SMILES string of the molecule is CCCCCCCCCCCCCCCC(=O)OC[C@H](COP(=O)(OC)OC1[C@H](OCOC)[C@H](OCOC)C(OP(=O)(OCc2ccccc2)OCc2ccccc2)[C@H](OCOC)[C@H]1OCOC)OC(=O)CCCCCCCCCCCCCCC. The second-order valence-corrected chi connectivity index (χ2v) is 25.3. The van der Waals surface area contributed by atoms with Crippen LogP contribution in [-0.4, -0.2) is 131 Å². The van der Waals surface area contributed by atoms with Gasteiger partial charge in [0.05, 0.1) is 19.8 Å². The van der Waals surface area contributed by atoms with E-state index in [2.05, 4.69) is 13.8 Å². The van der Waals surface area contributed by atoms with Gasteiger partial charge < -0.3 is 47.4 Å². The molecule has 2 aromatic carbocycles. The van der Waals surface area contributed by atoms with Crippen LogP contribution in [-0.2, 0) is 106 Å². The van der Waals surface area contributed by atoms with Gasteiger partial charge in [0.15, 0.2) is 6.10 Å². The number of carbonyl (C=O) groups is 2. The van der Waals surface area contributed by atoms with E-state index in [0.717, 1.165) is 52.1 Å². The number of phosphoric acid groups is 2. The van der Waals surface area contributed by atoms with Gasteiger partial charge >= 0.3 is 27.6 Å². The molecule has 8 atom stereocenters. The summed E-state index contributed by atoms with van der Waals surface area (Å²) in [6.45, 7) is 1.59. The lowest BCUT2D eigenvalue weighted by molar-refractivity contribution is -0.295. The molecule has 1 saturated carbocycles. The first-order valence-electron chi connectivity index (χ1n) is 31.9. The summed E-state index contributed by atoms with van der Waals surface area (Å²) in [5.74, 6) is -0.993. The van der Waals surface area contributed by atoms with Gasteiger partial charge in [-0.05, 0) is 24.0 Å². The Morgan fingerprint density at radius 1 is 0.395 bits per heavy atom. The minimum absolute atomic E-state index is 0.120. The summed E-state index contributed by atoms with van der Waals surface area (Å²) >= 11 is 0. The lowest BCUT2D eigenvalue weighted by Crippen LogP contribution is -2.67. The highest BCUT2D eigenvalue weighted by atomic mass is 31.2. The molecule has 0 saturated heterocycles. The average Bonchev–Trinajstić information content (AvgIpc) is 1.04. The van der Waals surface area contributed by atoms with Gasteiger partial charge in [0.2, 0.25) is 0 Å².